The zero-order valence-corrected chi connectivity index (χ0v) is 18.5. The largest absolute Gasteiger partial charge is 0.298 e. The predicted molar refractivity (Wildman–Crippen MR) is 119 cm³/mol. The van der Waals surface area contributed by atoms with Crippen molar-refractivity contribution in [3.05, 3.63) is 59.6 Å². The number of thiazole rings is 1. The minimum Gasteiger partial charge on any atom is -0.298 e. The van der Waals surface area contributed by atoms with Gasteiger partial charge in [0.2, 0.25) is 10.0 Å². The third-order valence-corrected chi connectivity index (χ3v) is 7.27. The monoisotopic (exact) mass is 444 g/mol. The van der Waals surface area contributed by atoms with Crippen molar-refractivity contribution in [1.29, 1.82) is 0 Å². The quantitative estimate of drug-likeness (QED) is 0.532. The molecule has 0 spiro atoms. The number of pyridine rings is 1. The van der Waals surface area contributed by atoms with Crippen LogP contribution in [0.5, 0.6) is 0 Å². The van der Waals surface area contributed by atoms with Gasteiger partial charge in [-0.2, -0.15) is 4.31 Å². The molecule has 0 unspecified atom stereocenters. The summed E-state index contributed by atoms with van der Waals surface area (Å²) in [4.78, 5) is 21.3. The van der Waals surface area contributed by atoms with Crippen molar-refractivity contribution in [3.8, 4) is 11.4 Å². The van der Waals surface area contributed by atoms with Crippen LogP contribution in [0.3, 0.4) is 0 Å². The van der Waals surface area contributed by atoms with E-state index in [1.807, 2.05) is 37.4 Å². The Morgan fingerprint density at radius 2 is 1.87 bits per heavy atom. The Kier molecular flexibility index (Phi) is 7.30. The van der Waals surface area contributed by atoms with E-state index in [9.17, 15) is 13.2 Å². The first kappa shape index (κ1) is 22.1. The van der Waals surface area contributed by atoms with Crippen LogP contribution in [0.25, 0.3) is 11.4 Å². The predicted octanol–water partition coefficient (Wildman–Crippen LogP) is 4.27. The molecular formula is C21H24N4O3S2. The van der Waals surface area contributed by atoms with Gasteiger partial charge in [0, 0.05) is 30.2 Å². The number of aromatic nitrogens is 2. The first-order chi connectivity index (χ1) is 14.5. The van der Waals surface area contributed by atoms with Crippen molar-refractivity contribution in [2.75, 3.05) is 18.4 Å². The van der Waals surface area contributed by atoms with E-state index in [2.05, 4.69) is 15.3 Å². The van der Waals surface area contributed by atoms with Crippen molar-refractivity contribution in [2.24, 2.45) is 0 Å². The highest BCUT2D eigenvalue weighted by Gasteiger charge is 2.22. The van der Waals surface area contributed by atoms with Crippen LogP contribution in [-0.2, 0) is 10.0 Å². The van der Waals surface area contributed by atoms with E-state index in [4.69, 9.17) is 0 Å². The zero-order valence-electron chi connectivity index (χ0n) is 16.9. The third kappa shape index (κ3) is 5.10. The molecular weight excluding hydrogens is 420 g/mol. The first-order valence-electron chi connectivity index (χ1n) is 9.74. The zero-order chi connectivity index (χ0) is 21.6. The highest BCUT2D eigenvalue weighted by Crippen LogP contribution is 2.24. The SMILES string of the molecule is CCCCN(CC)S(=O)(=O)c1ccc(C(=O)Nc2nc(-c3ccccn3)cs2)cc1. The molecule has 0 aliphatic carbocycles. The Hall–Kier alpha value is -2.62. The van der Waals surface area contributed by atoms with Crippen LogP contribution in [0.4, 0.5) is 5.13 Å². The minimum atomic E-state index is -3.57. The van der Waals surface area contributed by atoms with Crippen LogP contribution in [-0.4, -0.2) is 41.7 Å². The maximum atomic E-state index is 12.8. The summed E-state index contributed by atoms with van der Waals surface area (Å²) >= 11 is 1.30. The molecule has 0 radical (unpaired) electrons. The lowest BCUT2D eigenvalue weighted by Crippen LogP contribution is -2.31. The molecule has 9 heteroatoms. The molecule has 1 amide bonds. The molecule has 0 saturated carbocycles. The highest BCUT2D eigenvalue weighted by atomic mass is 32.2. The van der Waals surface area contributed by atoms with Crippen LogP contribution < -0.4 is 5.32 Å². The van der Waals surface area contributed by atoms with Crippen molar-refractivity contribution in [1.82, 2.24) is 14.3 Å². The standard InChI is InChI=1S/C21H24N4O3S2/c1-3-5-14-25(4-2)30(27,28)17-11-9-16(10-12-17)20(26)24-21-23-19(15-29-21)18-8-6-7-13-22-18/h6-13,15H,3-5,14H2,1-2H3,(H,23,24,26). The lowest BCUT2D eigenvalue weighted by molar-refractivity contribution is 0.102. The van der Waals surface area contributed by atoms with Crippen molar-refractivity contribution < 1.29 is 13.2 Å². The van der Waals surface area contributed by atoms with Gasteiger partial charge >= 0.3 is 0 Å². The number of anilines is 1. The first-order valence-corrected chi connectivity index (χ1v) is 12.1. The van der Waals surface area contributed by atoms with E-state index in [1.165, 1.54) is 39.9 Å². The molecule has 2 heterocycles. The van der Waals surface area contributed by atoms with Gasteiger partial charge in [-0.3, -0.25) is 15.1 Å². The molecule has 2 aromatic heterocycles. The summed E-state index contributed by atoms with van der Waals surface area (Å²) in [7, 11) is -3.57. The average Bonchev–Trinajstić information content (AvgIpc) is 3.23. The molecule has 0 fully saturated rings. The second-order valence-electron chi connectivity index (χ2n) is 6.58. The maximum Gasteiger partial charge on any atom is 0.257 e. The minimum absolute atomic E-state index is 0.184. The summed E-state index contributed by atoms with van der Waals surface area (Å²) in [5, 5.41) is 5.02. The van der Waals surface area contributed by atoms with Gasteiger partial charge in [0.25, 0.3) is 5.91 Å². The number of unbranched alkanes of at least 4 members (excludes halogenated alkanes) is 1. The topological polar surface area (TPSA) is 92.3 Å². The molecule has 7 nitrogen and oxygen atoms in total. The molecule has 3 aromatic rings. The Morgan fingerprint density at radius 1 is 1.10 bits per heavy atom. The molecule has 1 N–H and O–H groups in total. The van der Waals surface area contributed by atoms with E-state index < -0.39 is 10.0 Å². The Morgan fingerprint density at radius 3 is 2.50 bits per heavy atom. The summed E-state index contributed by atoms with van der Waals surface area (Å²) in [6.45, 7) is 4.74. The second kappa shape index (κ2) is 9.92. The van der Waals surface area contributed by atoms with E-state index in [1.54, 1.807) is 6.20 Å². The lowest BCUT2D eigenvalue weighted by atomic mass is 10.2. The number of amides is 1. The highest BCUT2D eigenvalue weighted by molar-refractivity contribution is 7.89. The fraction of sp³-hybridized carbons (Fsp3) is 0.286. The van der Waals surface area contributed by atoms with Crippen LogP contribution >= 0.6 is 11.3 Å². The van der Waals surface area contributed by atoms with E-state index in [0.717, 1.165) is 18.5 Å². The summed E-state index contributed by atoms with van der Waals surface area (Å²) in [5.74, 6) is -0.348. The molecule has 158 valence electrons. The van der Waals surface area contributed by atoms with Crippen molar-refractivity contribution in [3.63, 3.8) is 0 Å². The van der Waals surface area contributed by atoms with Gasteiger partial charge in [-0.05, 0) is 42.8 Å². The molecule has 1 aromatic carbocycles. The number of carbonyl (C=O) groups excluding carboxylic acids is 1. The van der Waals surface area contributed by atoms with Gasteiger partial charge in [-0.25, -0.2) is 13.4 Å². The molecule has 0 aliphatic heterocycles. The van der Waals surface area contributed by atoms with Gasteiger partial charge < -0.3 is 0 Å². The second-order valence-corrected chi connectivity index (χ2v) is 9.38. The van der Waals surface area contributed by atoms with Crippen LogP contribution in [0, 0.1) is 0 Å². The van der Waals surface area contributed by atoms with Crippen molar-refractivity contribution >= 4 is 32.4 Å². The van der Waals surface area contributed by atoms with Crippen LogP contribution in [0.15, 0.2) is 58.9 Å². The molecule has 0 bridgehead atoms. The molecule has 30 heavy (non-hydrogen) atoms. The van der Waals surface area contributed by atoms with Gasteiger partial charge in [-0.15, -0.1) is 11.3 Å². The van der Waals surface area contributed by atoms with Crippen LogP contribution in [0.2, 0.25) is 0 Å². The number of benzene rings is 1. The summed E-state index contributed by atoms with van der Waals surface area (Å²) in [6.07, 6.45) is 3.41. The number of nitrogens with one attached hydrogen (secondary N) is 1. The summed E-state index contributed by atoms with van der Waals surface area (Å²) < 4.78 is 27.0. The van der Waals surface area contributed by atoms with E-state index >= 15 is 0 Å². The van der Waals surface area contributed by atoms with E-state index in [0.29, 0.717) is 29.5 Å². The van der Waals surface area contributed by atoms with Gasteiger partial charge in [-0.1, -0.05) is 26.3 Å². The number of rotatable bonds is 9. The lowest BCUT2D eigenvalue weighted by Gasteiger charge is -2.20. The Labute approximate surface area is 180 Å². The van der Waals surface area contributed by atoms with E-state index in [-0.39, 0.29) is 10.8 Å². The number of sulfonamides is 1. The molecule has 0 atom stereocenters. The summed E-state index contributed by atoms with van der Waals surface area (Å²) in [6, 6.07) is 11.5. The van der Waals surface area contributed by atoms with Gasteiger partial charge in [0.15, 0.2) is 5.13 Å². The Bertz CT molecular complexity index is 1080. The number of hydrogen-bond donors (Lipinski definition) is 1. The maximum absolute atomic E-state index is 12.8. The third-order valence-electron chi connectivity index (χ3n) is 4.52. The number of nitrogens with zero attached hydrogens (tertiary/aromatic N) is 3. The van der Waals surface area contributed by atoms with Crippen LogP contribution in [0.1, 0.15) is 37.0 Å². The van der Waals surface area contributed by atoms with Crippen molar-refractivity contribution in [2.45, 2.75) is 31.6 Å². The smallest absolute Gasteiger partial charge is 0.257 e. The van der Waals surface area contributed by atoms with Gasteiger partial charge in [0.05, 0.1) is 10.6 Å². The number of hydrogen-bond acceptors (Lipinski definition) is 6. The number of carbonyl (C=O) groups is 1. The normalized spacial score (nSPS) is 11.6. The molecule has 0 aliphatic rings. The average molecular weight is 445 g/mol. The fourth-order valence-corrected chi connectivity index (χ4v) is 5.03. The fourth-order valence-electron chi connectivity index (χ4n) is 2.84. The Balaban J connectivity index is 1.70. The summed E-state index contributed by atoms with van der Waals surface area (Å²) in [5.41, 5.74) is 1.77. The van der Waals surface area contributed by atoms with Gasteiger partial charge in [0.1, 0.15) is 5.69 Å². The molecule has 3 rings (SSSR count). The molecule has 0 saturated heterocycles.